The number of hydrazine groups is 1. The molecule has 2 rings (SSSR count). The number of hydrogen-bond donors (Lipinski definition) is 2. The summed E-state index contributed by atoms with van der Waals surface area (Å²) in [6.07, 6.45) is 1.94. The number of nitrogens with two attached hydrogens (primary N) is 1. The van der Waals surface area contributed by atoms with Crippen molar-refractivity contribution in [1.29, 1.82) is 0 Å². The van der Waals surface area contributed by atoms with Crippen LogP contribution < -0.4 is 11.2 Å². The van der Waals surface area contributed by atoms with E-state index in [1.54, 1.807) is 0 Å². The molecular weight excluding hydrogens is 296 g/mol. The zero-order valence-electron chi connectivity index (χ0n) is 15.7. The quantitative estimate of drug-likeness (QED) is 0.616. The molecule has 0 saturated carbocycles. The molecule has 130 valence electrons. The second-order valence-corrected chi connectivity index (χ2v) is 7.72. The van der Waals surface area contributed by atoms with Crippen molar-refractivity contribution in [2.75, 3.05) is 5.32 Å². The standard InChI is InChI=1S/C20H30N4/c1-14(2)18-11-19(23-17-9-7-8-15(3)10-17)22-12-16(18)13-24(21)20(4,5)6/h7-12,14H,13,21H2,1-6H3,(H,22,23). The smallest absolute Gasteiger partial charge is 0.130 e. The van der Waals surface area contributed by atoms with Gasteiger partial charge in [-0.05, 0) is 68.5 Å². The van der Waals surface area contributed by atoms with Crippen molar-refractivity contribution in [2.45, 2.75) is 59.5 Å². The summed E-state index contributed by atoms with van der Waals surface area (Å²) in [5.74, 6) is 7.50. The van der Waals surface area contributed by atoms with Gasteiger partial charge in [-0.1, -0.05) is 26.0 Å². The lowest BCUT2D eigenvalue weighted by Gasteiger charge is -2.32. The van der Waals surface area contributed by atoms with Crippen LogP contribution in [0.25, 0.3) is 0 Å². The number of aromatic nitrogens is 1. The lowest BCUT2D eigenvalue weighted by molar-refractivity contribution is 0.129. The van der Waals surface area contributed by atoms with Gasteiger partial charge >= 0.3 is 0 Å². The molecule has 0 aliphatic rings. The molecule has 4 heteroatoms. The van der Waals surface area contributed by atoms with Crippen molar-refractivity contribution in [2.24, 2.45) is 5.84 Å². The molecule has 1 heterocycles. The third-order valence-corrected chi connectivity index (χ3v) is 4.14. The summed E-state index contributed by atoms with van der Waals surface area (Å²) >= 11 is 0. The highest BCUT2D eigenvalue weighted by atomic mass is 15.4. The maximum Gasteiger partial charge on any atom is 0.130 e. The average Bonchev–Trinajstić information content (AvgIpc) is 2.47. The Hall–Kier alpha value is -1.91. The van der Waals surface area contributed by atoms with Gasteiger partial charge in [-0.2, -0.15) is 0 Å². The van der Waals surface area contributed by atoms with Gasteiger partial charge in [-0.15, -0.1) is 0 Å². The number of nitrogens with one attached hydrogen (secondary N) is 1. The Morgan fingerprint density at radius 1 is 1.21 bits per heavy atom. The fraction of sp³-hybridized carbons (Fsp3) is 0.450. The van der Waals surface area contributed by atoms with Gasteiger partial charge in [0.25, 0.3) is 0 Å². The van der Waals surface area contributed by atoms with Crippen LogP contribution in [0.15, 0.2) is 36.5 Å². The van der Waals surface area contributed by atoms with Gasteiger partial charge < -0.3 is 5.32 Å². The van der Waals surface area contributed by atoms with E-state index in [1.807, 2.05) is 17.3 Å². The van der Waals surface area contributed by atoms with Gasteiger partial charge in [0, 0.05) is 24.0 Å². The molecule has 1 aromatic heterocycles. The molecule has 0 amide bonds. The van der Waals surface area contributed by atoms with Crippen LogP contribution in [0, 0.1) is 6.92 Å². The van der Waals surface area contributed by atoms with E-state index in [1.165, 1.54) is 16.7 Å². The fourth-order valence-corrected chi connectivity index (χ4v) is 2.53. The fourth-order valence-electron chi connectivity index (χ4n) is 2.53. The predicted molar refractivity (Wildman–Crippen MR) is 102 cm³/mol. The van der Waals surface area contributed by atoms with Crippen LogP contribution in [0.2, 0.25) is 0 Å². The van der Waals surface area contributed by atoms with Crippen molar-refractivity contribution >= 4 is 11.5 Å². The predicted octanol–water partition coefficient (Wildman–Crippen LogP) is 4.73. The highest BCUT2D eigenvalue weighted by molar-refractivity contribution is 5.58. The molecule has 0 fully saturated rings. The van der Waals surface area contributed by atoms with Gasteiger partial charge in [-0.25, -0.2) is 9.99 Å². The third kappa shape index (κ3) is 4.79. The minimum Gasteiger partial charge on any atom is -0.340 e. The maximum atomic E-state index is 6.22. The number of nitrogens with zero attached hydrogens (tertiary/aromatic N) is 2. The molecule has 0 saturated heterocycles. The summed E-state index contributed by atoms with van der Waals surface area (Å²) in [4.78, 5) is 4.59. The van der Waals surface area contributed by atoms with Crippen molar-refractivity contribution < 1.29 is 0 Å². The van der Waals surface area contributed by atoms with Crippen LogP contribution >= 0.6 is 0 Å². The van der Waals surface area contributed by atoms with E-state index < -0.39 is 0 Å². The topological polar surface area (TPSA) is 54.2 Å². The maximum absolute atomic E-state index is 6.22. The second-order valence-electron chi connectivity index (χ2n) is 7.72. The van der Waals surface area contributed by atoms with Crippen LogP contribution in [0.1, 0.15) is 57.2 Å². The highest BCUT2D eigenvalue weighted by Gasteiger charge is 2.20. The monoisotopic (exact) mass is 326 g/mol. The van der Waals surface area contributed by atoms with E-state index in [0.29, 0.717) is 12.5 Å². The molecule has 0 unspecified atom stereocenters. The Bertz CT molecular complexity index is 686. The SMILES string of the molecule is Cc1cccc(Nc2cc(C(C)C)c(CN(N)C(C)(C)C)cn2)c1. The third-order valence-electron chi connectivity index (χ3n) is 4.14. The van der Waals surface area contributed by atoms with Crippen LogP contribution in [-0.4, -0.2) is 15.5 Å². The number of anilines is 2. The first-order chi connectivity index (χ1) is 11.2. The van der Waals surface area contributed by atoms with E-state index >= 15 is 0 Å². The molecule has 4 nitrogen and oxygen atoms in total. The molecule has 0 radical (unpaired) electrons. The average molecular weight is 326 g/mol. The molecule has 1 aromatic carbocycles. The minimum atomic E-state index is -0.0767. The molecule has 2 aromatic rings. The highest BCUT2D eigenvalue weighted by Crippen LogP contribution is 2.26. The Morgan fingerprint density at radius 2 is 1.92 bits per heavy atom. The summed E-state index contributed by atoms with van der Waals surface area (Å²) in [5.41, 5.74) is 4.66. The minimum absolute atomic E-state index is 0.0767. The molecule has 0 aliphatic heterocycles. The summed E-state index contributed by atoms with van der Waals surface area (Å²) in [7, 11) is 0. The summed E-state index contributed by atoms with van der Waals surface area (Å²) in [6.45, 7) is 13.5. The first kappa shape index (κ1) is 18.4. The molecule has 0 aliphatic carbocycles. The van der Waals surface area contributed by atoms with Crippen LogP contribution in [0.3, 0.4) is 0 Å². The molecule has 0 bridgehead atoms. The molecule has 3 N–H and O–H groups in total. The largest absolute Gasteiger partial charge is 0.340 e. The van der Waals surface area contributed by atoms with Crippen molar-refractivity contribution in [3.63, 3.8) is 0 Å². The van der Waals surface area contributed by atoms with Gasteiger partial charge in [0.15, 0.2) is 0 Å². The van der Waals surface area contributed by atoms with E-state index in [4.69, 9.17) is 5.84 Å². The van der Waals surface area contributed by atoms with Gasteiger partial charge in [0.1, 0.15) is 5.82 Å². The number of benzene rings is 1. The zero-order valence-corrected chi connectivity index (χ0v) is 15.7. The Labute approximate surface area is 146 Å². The molecule has 0 atom stereocenters. The van der Waals surface area contributed by atoms with Crippen molar-refractivity contribution in [3.8, 4) is 0 Å². The first-order valence-electron chi connectivity index (χ1n) is 8.51. The number of aryl methyl sites for hydroxylation is 1. The zero-order chi connectivity index (χ0) is 17.9. The normalized spacial score (nSPS) is 12.0. The van der Waals surface area contributed by atoms with E-state index in [9.17, 15) is 0 Å². The lowest BCUT2D eigenvalue weighted by Crippen LogP contribution is -2.46. The van der Waals surface area contributed by atoms with E-state index in [0.717, 1.165) is 11.5 Å². The first-order valence-corrected chi connectivity index (χ1v) is 8.51. The van der Waals surface area contributed by atoms with Crippen molar-refractivity contribution in [3.05, 3.63) is 53.2 Å². The van der Waals surface area contributed by atoms with Gasteiger partial charge in [-0.3, -0.25) is 5.84 Å². The number of hydrogen-bond acceptors (Lipinski definition) is 4. The summed E-state index contributed by atoms with van der Waals surface area (Å²) < 4.78 is 0. The number of rotatable bonds is 5. The second kappa shape index (κ2) is 7.32. The van der Waals surface area contributed by atoms with Crippen LogP contribution in [0.5, 0.6) is 0 Å². The van der Waals surface area contributed by atoms with Gasteiger partial charge in [0.05, 0.1) is 0 Å². The van der Waals surface area contributed by atoms with Crippen LogP contribution in [-0.2, 0) is 6.54 Å². The summed E-state index contributed by atoms with van der Waals surface area (Å²) in [5, 5.41) is 5.26. The Morgan fingerprint density at radius 3 is 2.50 bits per heavy atom. The summed E-state index contributed by atoms with van der Waals surface area (Å²) in [6, 6.07) is 10.4. The van der Waals surface area contributed by atoms with E-state index in [2.05, 4.69) is 76.1 Å². The number of pyridine rings is 1. The lowest BCUT2D eigenvalue weighted by atomic mass is 9.97. The van der Waals surface area contributed by atoms with Crippen LogP contribution in [0.4, 0.5) is 11.5 Å². The van der Waals surface area contributed by atoms with Gasteiger partial charge in [0.2, 0.25) is 0 Å². The Balaban J connectivity index is 2.26. The molecular formula is C20H30N4. The molecule has 24 heavy (non-hydrogen) atoms. The Kier molecular flexibility index (Phi) is 5.62. The van der Waals surface area contributed by atoms with Crippen molar-refractivity contribution in [1.82, 2.24) is 9.99 Å². The molecule has 0 spiro atoms. The van der Waals surface area contributed by atoms with E-state index in [-0.39, 0.29) is 5.54 Å².